The van der Waals surface area contributed by atoms with Crippen molar-refractivity contribution in [1.29, 1.82) is 0 Å². The minimum Gasteiger partial charge on any atom is -0.263 e. The number of rotatable bonds is 0. The molecule has 0 bridgehead atoms. The lowest BCUT2D eigenvalue weighted by molar-refractivity contribution is -0.311. The highest BCUT2D eigenvalue weighted by atomic mass is 17.4. The highest BCUT2D eigenvalue weighted by Crippen LogP contribution is 2.16. The molecule has 1 aromatic heterocycles. The molecule has 0 aromatic carbocycles. The van der Waals surface area contributed by atoms with Crippen LogP contribution in [0, 0.1) is 0 Å². The quantitative estimate of drug-likeness (QED) is 0.524. The van der Waals surface area contributed by atoms with Crippen LogP contribution in [0.5, 0.6) is 0 Å². The fourth-order valence-corrected chi connectivity index (χ4v) is 0.540. The summed E-state index contributed by atoms with van der Waals surface area (Å²) in [5, 5.41) is 0. The van der Waals surface area contributed by atoms with Gasteiger partial charge in [0.1, 0.15) is 0 Å². The number of anilines is 1. The van der Waals surface area contributed by atoms with Gasteiger partial charge in [0, 0.05) is 0 Å². The Kier molecular flexibility index (Phi) is 1.13. The normalized spacial score (nSPS) is 14.7. The Hall–Kier alpha value is -1.83. The van der Waals surface area contributed by atoms with Crippen molar-refractivity contribution in [1.82, 2.24) is 5.48 Å². The van der Waals surface area contributed by atoms with E-state index >= 15 is 0 Å². The summed E-state index contributed by atoms with van der Waals surface area (Å²) < 4.78 is 16.3. The SMILES string of the molecule is O=C1NONc2ooooc21. The molecule has 0 unspecified atom stereocenters. The maximum absolute atomic E-state index is 10.8. The van der Waals surface area contributed by atoms with Crippen LogP contribution in [0.1, 0.15) is 10.6 Å². The maximum Gasteiger partial charge on any atom is 0.327 e. The van der Waals surface area contributed by atoms with E-state index < -0.39 is 5.91 Å². The van der Waals surface area contributed by atoms with Crippen molar-refractivity contribution < 1.29 is 28.4 Å². The summed E-state index contributed by atoms with van der Waals surface area (Å²) in [5.74, 6) is -0.954. The standard InChI is InChI=1S/C3H2N2O6/c6-2-1-3(5-9-4-2)8-11-10-7-1/h5H,(H,4,6). The molecule has 60 valence electrons. The van der Waals surface area contributed by atoms with Gasteiger partial charge in [-0.15, -0.1) is 0 Å². The minimum atomic E-state index is -0.637. The van der Waals surface area contributed by atoms with Gasteiger partial charge in [-0.2, -0.15) is 4.94 Å². The Labute approximate surface area is 58.1 Å². The number of carbonyl (C=O) groups is 1. The molecular formula is C3H2N2O6. The molecule has 0 fully saturated rings. The number of hydroxylamine groups is 1. The van der Waals surface area contributed by atoms with Crippen LogP contribution in [0.2, 0.25) is 0 Å². The molecule has 2 heterocycles. The van der Waals surface area contributed by atoms with E-state index in [-0.39, 0.29) is 11.6 Å². The van der Waals surface area contributed by atoms with Crippen LogP contribution in [0.4, 0.5) is 5.88 Å². The Morgan fingerprint density at radius 2 is 1.91 bits per heavy atom. The summed E-state index contributed by atoms with van der Waals surface area (Å²) in [6.07, 6.45) is 0. The van der Waals surface area contributed by atoms with Crippen LogP contribution in [-0.4, -0.2) is 5.91 Å². The van der Waals surface area contributed by atoms with E-state index in [4.69, 9.17) is 0 Å². The number of hydrogen-bond acceptors (Lipinski definition) is 7. The van der Waals surface area contributed by atoms with Gasteiger partial charge in [-0.25, -0.2) is 20.1 Å². The molecule has 1 aliphatic heterocycles. The lowest BCUT2D eigenvalue weighted by Crippen LogP contribution is -2.32. The molecule has 2 N–H and O–H groups in total. The van der Waals surface area contributed by atoms with E-state index in [1.165, 1.54) is 0 Å². The van der Waals surface area contributed by atoms with E-state index in [2.05, 4.69) is 29.0 Å². The summed E-state index contributed by atoms with van der Waals surface area (Å²) in [4.78, 5) is 15.1. The number of carbonyl (C=O) groups excluding carboxylic acids is 1. The summed E-state index contributed by atoms with van der Waals surface area (Å²) >= 11 is 0. The van der Waals surface area contributed by atoms with Gasteiger partial charge in [-0.1, -0.05) is 0 Å². The summed E-state index contributed by atoms with van der Waals surface area (Å²) in [6.45, 7) is 0. The van der Waals surface area contributed by atoms with Crippen molar-refractivity contribution in [2.75, 3.05) is 5.48 Å². The third-order valence-corrected chi connectivity index (χ3v) is 0.962. The molecule has 0 saturated carbocycles. The smallest absolute Gasteiger partial charge is 0.263 e. The lowest BCUT2D eigenvalue weighted by atomic mass is 10.4. The van der Waals surface area contributed by atoms with E-state index in [0.29, 0.717) is 0 Å². The Bertz CT molecular complexity index is 300. The largest absolute Gasteiger partial charge is 0.327 e. The van der Waals surface area contributed by atoms with Gasteiger partial charge in [-0.05, 0) is 9.47 Å². The van der Waals surface area contributed by atoms with Gasteiger partial charge in [0.25, 0.3) is 0 Å². The fraction of sp³-hybridized carbons (Fsp3) is 0. The molecule has 8 heteroatoms. The molecule has 8 nitrogen and oxygen atoms in total. The molecular weight excluding hydrogens is 160 g/mol. The first kappa shape index (κ1) is 5.92. The van der Waals surface area contributed by atoms with Gasteiger partial charge in [0.15, 0.2) is 0 Å². The summed E-state index contributed by atoms with van der Waals surface area (Å²) in [5.41, 5.74) is 4.08. The molecule has 1 aliphatic rings. The first-order valence-electron chi connectivity index (χ1n) is 2.52. The fourth-order valence-electron chi connectivity index (χ4n) is 0.540. The van der Waals surface area contributed by atoms with Crippen LogP contribution >= 0.6 is 0 Å². The first-order chi connectivity index (χ1) is 5.38. The minimum absolute atomic E-state index is 0.111. The van der Waals surface area contributed by atoms with Crippen molar-refractivity contribution in [3.63, 3.8) is 0 Å². The second-order valence-electron chi connectivity index (χ2n) is 1.60. The molecule has 0 spiro atoms. The van der Waals surface area contributed by atoms with Crippen molar-refractivity contribution in [2.24, 2.45) is 0 Å². The van der Waals surface area contributed by atoms with Gasteiger partial charge < -0.3 is 0 Å². The van der Waals surface area contributed by atoms with Crippen molar-refractivity contribution in [3.8, 4) is 0 Å². The molecule has 1 aromatic rings. The Balaban J connectivity index is 2.52. The predicted octanol–water partition coefficient (Wildman–Crippen LogP) is 0.185. The Morgan fingerprint density at radius 1 is 1.09 bits per heavy atom. The average molecular weight is 162 g/mol. The number of fused-ring (bicyclic) bond motifs is 1. The van der Waals surface area contributed by atoms with E-state index in [9.17, 15) is 4.79 Å². The van der Waals surface area contributed by atoms with Gasteiger partial charge in [0.2, 0.25) is 0 Å². The van der Waals surface area contributed by atoms with Crippen molar-refractivity contribution in [3.05, 3.63) is 5.76 Å². The van der Waals surface area contributed by atoms with Gasteiger partial charge in [0.05, 0.1) is 0 Å². The first-order valence-corrected chi connectivity index (χ1v) is 2.52. The van der Waals surface area contributed by atoms with Crippen LogP contribution in [0.25, 0.3) is 0 Å². The predicted molar refractivity (Wildman–Crippen MR) is 25.3 cm³/mol. The molecule has 0 aliphatic carbocycles. The van der Waals surface area contributed by atoms with Crippen LogP contribution in [0.3, 0.4) is 0 Å². The molecule has 1 amide bonds. The highest BCUT2D eigenvalue weighted by Gasteiger charge is 2.25. The highest BCUT2D eigenvalue weighted by molar-refractivity contribution is 5.95. The summed E-state index contributed by atoms with van der Waals surface area (Å²) in [7, 11) is 0. The zero-order valence-electron chi connectivity index (χ0n) is 4.95. The molecule has 2 rings (SSSR count). The molecule has 0 saturated heterocycles. The second kappa shape index (κ2) is 2.09. The van der Waals surface area contributed by atoms with Crippen LogP contribution in [0.15, 0.2) is 18.6 Å². The van der Waals surface area contributed by atoms with Crippen LogP contribution < -0.4 is 11.0 Å². The van der Waals surface area contributed by atoms with E-state index in [0.717, 1.165) is 0 Å². The van der Waals surface area contributed by atoms with Crippen molar-refractivity contribution >= 4 is 11.8 Å². The van der Waals surface area contributed by atoms with Crippen molar-refractivity contribution in [2.45, 2.75) is 0 Å². The second-order valence-corrected chi connectivity index (χ2v) is 1.60. The number of hydrogen-bond donors (Lipinski definition) is 2. The zero-order chi connectivity index (χ0) is 7.68. The maximum atomic E-state index is 10.8. The molecule has 0 radical (unpaired) electrons. The third-order valence-electron chi connectivity index (χ3n) is 0.962. The van der Waals surface area contributed by atoms with Crippen LogP contribution in [-0.2, 0) is 4.94 Å². The number of nitrogens with one attached hydrogen (secondary N) is 2. The van der Waals surface area contributed by atoms with E-state index in [1.54, 1.807) is 0 Å². The van der Waals surface area contributed by atoms with Gasteiger partial charge >= 0.3 is 17.6 Å². The topological polar surface area (TPSA) is 103 Å². The van der Waals surface area contributed by atoms with Gasteiger partial charge in [-0.3, -0.25) is 4.79 Å². The lowest BCUT2D eigenvalue weighted by Gasteiger charge is -2.09. The number of amides is 1. The molecule has 0 atom stereocenters. The third kappa shape index (κ3) is 0.846. The molecule has 11 heavy (non-hydrogen) atoms. The monoisotopic (exact) mass is 162 g/mol. The summed E-state index contributed by atoms with van der Waals surface area (Å²) in [6, 6.07) is 0. The Morgan fingerprint density at radius 3 is 2.73 bits per heavy atom. The average Bonchev–Trinajstić information content (AvgIpc) is 2.06. The zero-order valence-corrected chi connectivity index (χ0v) is 4.95. The van der Waals surface area contributed by atoms with E-state index in [1.807, 2.05) is 5.48 Å².